The van der Waals surface area contributed by atoms with E-state index in [-0.39, 0.29) is 11.8 Å². The molecule has 0 spiro atoms. The zero-order valence-corrected chi connectivity index (χ0v) is 13.4. The van der Waals surface area contributed by atoms with Gasteiger partial charge < -0.3 is 15.0 Å². The Morgan fingerprint density at radius 3 is 2.57 bits per heavy atom. The second-order valence-corrected chi connectivity index (χ2v) is 5.19. The van der Waals surface area contributed by atoms with Crippen molar-refractivity contribution in [3.05, 3.63) is 59.9 Å². The van der Waals surface area contributed by atoms with E-state index in [0.29, 0.717) is 18.8 Å². The normalized spacial score (nSPS) is 10.2. The third kappa shape index (κ3) is 4.71. The number of rotatable bonds is 6. The van der Waals surface area contributed by atoms with Gasteiger partial charge in [-0.1, -0.05) is 37.3 Å². The van der Waals surface area contributed by atoms with Crippen molar-refractivity contribution in [2.45, 2.75) is 19.9 Å². The molecule has 2 aromatic carbocycles. The number of nitrogens with zero attached hydrogens (tertiary/aromatic N) is 1. The van der Waals surface area contributed by atoms with E-state index >= 15 is 0 Å². The van der Waals surface area contributed by atoms with Gasteiger partial charge in [0.1, 0.15) is 0 Å². The molecule has 0 heterocycles. The minimum absolute atomic E-state index is 0.151. The minimum Gasteiger partial charge on any atom is -0.494 e. The molecule has 0 atom stereocenters. The summed E-state index contributed by atoms with van der Waals surface area (Å²) in [4.78, 5) is 14.1. The molecule has 4 nitrogen and oxygen atoms in total. The van der Waals surface area contributed by atoms with Crippen LogP contribution in [0.25, 0.3) is 0 Å². The third-order valence-corrected chi connectivity index (χ3v) is 3.40. The average Bonchev–Trinajstić information content (AvgIpc) is 2.55. The Morgan fingerprint density at radius 2 is 1.96 bits per heavy atom. The van der Waals surface area contributed by atoms with E-state index in [1.165, 1.54) is 19.2 Å². The number of anilines is 1. The number of carbonyl (C=O) groups is 1. The van der Waals surface area contributed by atoms with E-state index in [9.17, 15) is 9.18 Å². The molecule has 0 aromatic heterocycles. The SMILES string of the molecule is CCCN(Cc1ccccc1)C(=O)Nc1ccc(OC)c(F)c1. The van der Waals surface area contributed by atoms with Crippen LogP contribution in [0, 0.1) is 5.82 Å². The largest absolute Gasteiger partial charge is 0.494 e. The lowest BCUT2D eigenvalue weighted by molar-refractivity contribution is 0.209. The Labute approximate surface area is 135 Å². The first kappa shape index (κ1) is 16.8. The van der Waals surface area contributed by atoms with E-state index in [2.05, 4.69) is 5.32 Å². The van der Waals surface area contributed by atoms with Gasteiger partial charge in [-0.05, 0) is 24.1 Å². The van der Waals surface area contributed by atoms with Gasteiger partial charge in [-0.15, -0.1) is 0 Å². The second-order valence-electron chi connectivity index (χ2n) is 5.19. The second kappa shape index (κ2) is 8.17. The molecule has 0 aliphatic carbocycles. The summed E-state index contributed by atoms with van der Waals surface area (Å²) >= 11 is 0. The topological polar surface area (TPSA) is 41.6 Å². The van der Waals surface area contributed by atoms with Gasteiger partial charge in [-0.3, -0.25) is 0 Å². The number of halogens is 1. The first-order chi connectivity index (χ1) is 11.1. The molecule has 23 heavy (non-hydrogen) atoms. The zero-order chi connectivity index (χ0) is 16.7. The summed E-state index contributed by atoms with van der Waals surface area (Å²) in [5, 5.41) is 2.73. The van der Waals surface area contributed by atoms with Crippen molar-refractivity contribution in [1.82, 2.24) is 4.90 Å². The Bertz CT molecular complexity index is 647. The molecule has 122 valence electrons. The zero-order valence-electron chi connectivity index (χ0n) is 13.4. The predicted molar refractivity (Wildman–Crippen MR) is 89.1 cm³/mol. The quantitative estimate of drug-likeness (QED) is 0.864. The maximum Gasteiger partial charge on any atom is 0.322 e. The Morgan fingerprint density at radius 1 is 1.22 bits per heavy atom. The fourth-order valence-electron chi connectivity index (χ4n) is 2.27. The molecule has 2 amide bonds. The number of nitrogens with one attached hydrogen (secondary N) is 1. The van der Waals surface area contributed by atoms with Crippen LogP contribution in [0.5, 0.6) is 5.75 Å². The number of amides is 2. The van der Waals surface area contributed by atoms with Crippen molar-refractivity contribution in [3.8, 4) is 5.75 Å². The molecule has 0 saturated heterocycles. The lowest BCUT2D eigenvalue weighted by Gasteiger charge is -2.23. The highest BCUT2D eigenvalue weighted by molar-refractivity contribution is 5.89. The Hall–Kier alpha value is -2.56. The maximum atomic E-state index is 13.7. The number of methoxy groups -OCH3 is 1. The fraction of sp³-hybridized carbons (Fsp3) is 0.278. The summed E-state index contributed by atoms with van der Waals surface area (Å²) in [7, 11) is 1.40. The molecule has 1 N–H and O–H groups in total. The molecule has 0 fully saturated rings. The molecule has 0 unspecified atom stereocenters. The van der Waals surface area contributed by atoms with Crippen LogP contribution >= 0.6 is 0 Å². The van der Waals surface area contributed by atoms with Crippen LogP contribution in [0.2, 0.25) is 0 Å². The van der Waals surface area contributed by atoms with Crippen LogP contribution in [0.3, 0.4) is 0 Å². The van der Waals surface area contributed by atoms with Gasteiger partial charge in [0, 0.05) is 24.8 Å². The van der Waals surface area contributed by atoms with Crippen molar-refractivity contribution < 1.29 is 13.9 Å². The van der Waals surface area contributed by atoms with E-state index in [1.807, 2.05) is 37.3 Å². The predicted octanol–water partition coefficient (Wildman–Crippen LogP) is 4.28. The summed E-state index contributed by atoms with van der Waals surface area (Å²) < 4.78 is 18.6. The van der Waals surface area contributed by atoms with Gasteiger partial charge in [0.05, 0.1) is 7.11 Å². The van der Waals surface area contributed by atoms with Gasteiger partial charge in [-0.2, -0.15) is 0 Å². The lowest BCUT2D eigenvalue weighted by atomic mass is 10.2. The average molecular weight is 316 g/mol. The number of hydrogen-bond acceptors (Lipinski definition) is 2. The standard InChI is InChI=1S/C18H21FN2O2/c1-3-11-21(13-14-7-5-4-6-8-14)18(22)20-15-9-10-17(23-2)16(19)12-15/h4-10,12H,3,11,13H2,1-2H3,(H,20,22). The monoisotopic (exact) mass is 316 g/mol. The molecule has 0 bridgehead atoms. The van der Waals surface area contributed by atoms with E-state index in [0.717, 1.165) is 12.0 Å². The first-order valence-corrected chi connectivity index (χ1v) is 7.57. The molecule has 0 saturated carbocycles. The molecule has 0 aliphatic rings. The van der Waals surface area contributed by atoms with Gasteiger partial charge in [0.15, 0.2) is 11.6 Å². The van der Waals surface area contributed by atoms with Gasteiger partial charge in [0.2, 0.25) is 0 Å². The number of benzene rings is 2. The number of hydrogen-bond donors (Lipinski definition) is 1. The molecule has 0 radical (unpaired) electrons. The number of carbonyl (C=O) groups excluding carboxylic acids is 1. The molecule has 5 heteroatoms. The molecule has 2 aromatic rings. The van der Waals surface area contributed by atoms with Gasteiger partial charge >= 0.3 is 6.03 Å². The van der Waals surface area contributed by atoms with Crippen LogP contribution in [0.1, 0.15) is 18.9 Å². The molecule has 2 rings (SSSR count). The van der Waals surface area contributed by atoms with Crippen LogP contribution in [0.4, 0.5) is 14.9 Å². The Balaban J connectivity index is 2.07. The number of ether oxygens (including phenoxy) is 1. The molecular formula is C18H21FN2O2. The van der Waals surface area contributed by atoms with Crippen LogP contribution in [-0.4, -0.2) is 24.6 Å². The van der Waals surface area contributed by atoms with Crippen molar-refractivity contribution in [2.75, 3.05) is 19.0 Å². The highest BCUT2D eigenvalue weighted by atomic mass is 19.1. The summed E-state index contributed by atoms with van der Waals surface area (Å²) in [6, 6.07) is 13.9. The fourth-order valence-corrected chi connectivity index (χ4v) is 2.27. The smallest absolute Gasteiger partial charge is 0.322 e. The highest BCUT2D eigenvalue weighted by Crippen LogP contribution is 2.21. The summed E-state index contributed by atoms with van der Waals surface area (Å²) in [5.74, 6) is -0.354. The molecule has 0 aliphatic heterocycles. The van der Waals surface area contributed by atoms with Crippen LogP contribution < -0.4 is 10.1 Å². The van der Waals surface area contributed by atoms with E-state index in [1.54, 1.807) is 11.0 Å². The summed E-state index contributed by atoms with van der Waals surface area (Å²) in [6.07, 6.45) is 0.844. The van der Waals surface area contributed by atoms with Crippen molar-refractivity contribution in [1.29, 1.82) is 0 Å². The first-order valence-electron chi connectivity index (χ1n) is 7.57. The van der Waals surface area contributed by atoms with Crippen molar-refractivity contribution in [3.63, 3.8) is 0 Å². The number of urea groups is 1. The maximum absolute atomic E-state index is 13.7. The third-order valence-electron chi connectivity index (χ3n) is 3.40. The lowest BCUT2D eigenvalue weighted by Crippen LogP contribution is -2.35. The van der Waals surface area contributed by atoms with E-state index < -0.39 is 5.82 Å². The summed E-state index contributed by atoms with van der Waals surface area (Å²) in [5.41, 5.74) is 1.46. The van der Waals surface area contributed by atoms with Crippen molar-refractivity contribution in [2.24, 2.45) is 0 Å². The van der Waals surface area contributed by atoms with Crippen LogP contribution in [-0.2, 0) is 6.54 Å². The van der Waals surface area contributed by atoms with Crippen LogP contribution in [0.15, 0.2) is 48.5 Å². The molecular weight excluding hydrogens is 295 g/mol. The van der Waals surface area contributed by atoms with E-state index in [4.69, 9.17) is 4.74 Å². The van der Waals surface area contributed by atoms with Crippen molar-refractivity contribution >= 4 is 11.7 Å². The Kier molecular flexibility index (Phi) is 5.97. The minimum atomic E-state index is -0.504. The highest BCUT2D eigenvalue weighted by Gasteiger charge is 2.14. The summed E-state index contributed by atoms with van der Waals surface area (Å²) in [6.45, 7) is 3.15. The van der Waals surface area contributed by atoms with Gasteiger partial charge in [0.25, 0.3) is 0 Å². The van der Waals surface area contributed by atoms with Gasteiger partial charge in [-0.25, -0.2) is 9.18 Å².